The number of halogens is 1. The van der Waals surface area contributed by atoms with Crippen LogP contribution >= 0.6 is 0 Å². The van der Waals surface area contributed by atoms with Crippen LogP contribution < -0.4 is 10.1 Å². The molecule has 124 valence electrons. The molecule has 0 atom stereocenters. The highest BCUT2D eigenvalue weighted by molar-refractivity contribution is 5.96. The van der Waals surface area contributed by atoms with Crippen molar-refractivity contribution in [3.8, 4) is 5.75 Å². The van der Waals surface area contributed by atoms with Crippen LogP contribution in [0, 0.1) is 5.82 Å². The first-order valence-corrected chi connectivity index (χ1v) is 7.15. The smallest absolute Gasteiger partial charge is 0.352 e. The summed E-state index contributed by atoms with van der Waals surface area (Å²) in [6.45, 7) is 1.22. The van der Waals surface area contributed by atoms with Crippen LogP contribution in [0.3, 0.4) is 0 Å². The molecule has 6 heteroatoms. The summed E-state index contributed by atoms with van der Waals surface area (Å²) in [7, 11) is 0. The third kappa shape index (κ3) is 4.67. The third-order valence-electron chi connectivity index (χ3n) is 3.10. The van der Waals surface area contributed by atoms with Gasteiger partial charge in [-0.25, -0.2) is 9.18 Å². The largest absolute Gasteiger partial charge is 0.488 e. The number of para-hydroxylation sites is 1. The summed E-state index contributed by atoms with van der Waals surface area (Å²) in [4.78, 5) is 22.3. The highest BCUT2D eigenvalue weighted by Gasteiger charge is 2.11. The summed E-state index contributed by atoms with van der Waals surface area (Å²) in [5, 5.41) is 11.4. The standard InChI is InChI=1S/C18H16FNO4/c1-12(21)20-16(18(22)23)10-13-6-3-5-9-17(13)24-11-14-7-2-4-8-15(14)19/h2-10H,11H2,1H3,(H,20,21)(H,22,23)/b16-10+. The molecular formula is C18H16FNO4. The number of amides is 1. The molecule has 0 heterocycles. The van der Waals surface area contributed by atoms with E-state index in [1.54, 1.807) is 42.5 Å². The lowest BCUT2D eigenvalue weighted by molar-refractivity contribution is -0.134. The van der Waals surface area contributed by atoms with Crippen LogP contribution in [0.2, 0.25) is 0 Å². The maximum absolute atomic E-state index is 13.6. The van der Waals surface area contributed by atoms with E-state index in [-0.39, 0.29) is 18.1 Å². The molecule has 2 aromatic carbocycles. The van der Waals surface area contributed by atoms with Gasteiger partial charge in [-0.05, 0) is 18.2 Å². The van der Waals surface area contributed by atoms with E-state index in [1.807, 2.05) is 0 Å². The second-order valence-corrected chi connectivity index (χ2v) is 4.96. The van der Waals surface area contributed by atoms with E-state index in [2.05, 4.69) is 5.32 Å². The average Bonchev–Trinajstić information content (AvgIpc) is 2.54. The van der Waals surface area contributed by atoms with Crippen molar-refractivity contribution in [3.05, 3.63) is 71.2 Å². The first-order valence-electron chi connectivity index (χ1n) is 7.15. The minimum atomic E-state index is -1.27. The predicted molar refractivity (Wildman–Crippen MR) is 86.6 cm³/mol. The molecule has 0 aliphatic rings. The minimum absolute atomic E-state index is 0.0000678. The van der Waals surface area contributed by atoms with Crippen molar-refractivity contribution in [2.24, 2.45) is 0 Å². The van der Waals surface area contributed by atoms with Crippen LogP contribution in [-0.2, 0) is 16.2 Å². The highest BCUT2D eigenvalue weighted by Crippen LogP contribution is 2.22. The van der Waals surface area contributed by atoms with E-state index in [1.165, 1.54) is 19.1 Å². The molecule has 0 bridgehead atoms. The van der Waals surface area contributed by atoms with E-state index in [9.17, 15) is 14.0 Å². The summed E-state index contributed by atoms with van der Waals surface area (Å²) >= 11 is 0. The number of aliphatic carboxylic acids is 1. The number of rotatable bonds is 6. The maximum atomic E-state index is 13.6. The fourth-order valence-electron chi connectivity index (χ4n) is 2.00. The molecule has 0 spiro atoms. The second kappa shape index (κ2) is 7.92. The Balaban J connectivity index is 2.25. The molecule has 0 saturated carbocycles. The van der Waals surface area contributed by atoms with Gasteiger partial charge in [0.15, 0.2) is 0 Å². The number of carbonyl (C=O) groups excluding carboxylic acids is 1. The second-order valence-electron chi connectivity index (χ2n) is 4.96. The lowest BCUT2D eigenvalue weighted by atomic mass is 10.1. The van der Waals surface area contributed by atoms with Crippen molar-refractivity contribution < 1.29 is 23.8 Å². The predicted octanol–water partition coefficient (Wildman–Crippen LogP) is 2.97. The summed E-state index contributed by atoms with van der Waals surface area (Å²) < 4.78 is 19.2. The maximum Gasteiger partial charge on any atom is 0.352 e. The van der Waals surface area contributed by atoms with Gasteiger partial charge < -0.3 is 15.2 Å². The van der Waals surface area contributed by atoms with Gasteiger partial charge in [0.05, 0.1) is 0 Å². The number of hydrogen-bond acceptors (Lipinski definition) is 3. The number of carboxylic acid groups (broad SMARTS) is 1. The van der Waals surface area contributed by atoms with Gasteiger partial charge in [0.25, 0.3) is 0 Å². The van der Waals surface area contributed by atoms with Gasteiger partial charge in [0.1, 0.15) is 23.9 Å². The molecule has 2 rings (SSSR count). The molecule has 0 fully saturated rings. The number of nitrogens with one attached hydrogen (secondary N) is 1. The number of carboxylic acids is 1. The Morgan fingerprint density at radius 3 is 2.50 bits per heavy atom. The Morgan fingerprint density at radius 2 is 1.83 bits per heavy atom. The topological polar surface area (TPSA) is 75.6 Å². The molecule has 1 amide bonds. The first kappa shape index (κ1) is 17.2. The molecule has 0 radical (unpaired) electrons. The van der Waals surface area contributed by atoms with Gasteiger partial charge in [0, 0.05) is 18.1 Å². The fourth-order valence-corrected chi connectivity index (χ4v) is 2.00. The van der Waals surface area contributed by atoms with Gasteiger partial charge in [-0.1, -0.05) is 36.4 Å². The van der Waals surface area contributed by atoms with Crippen LogP contribution in [-0.4, -0.2) is 17.0 Å². The number of benzene rings is 2. The zero-order chi connectivity index (χ0) is 17.5. The molecule has 0 unspecified atom stereocenters. The summed E-state index contributed by atoms with van der Waals surface area (Å²) in [6, 6.07) is 12.9. The Kier molecular flexibility index (Phi) is 5.68. The van der Waals surface area contributed by atoms with Crippen LogP contribution in [0.15, 0.2) is 54.2 Å². The molecule has 2 aromatic rings. The Bertz CT molecular complexity index is 786. The van der Waals surface area contributed by atoms with Crippen LogP contribution in [0.1, 0.15) is 18.1 Å². The van der Waals surface area contributed by atoms with Gasteiger partial charge in [0.2, 0.25) is 5.91 Å². The van der Waals surface area contributed by atoms with Gasteiger partial charge in [-0.3, -0.25) is 4.79 Å². The molecule has 24 heavy (non-hydrogen) atoms. The molecule has 5 nitrogen and oxygen atoms in total. The van der Waals surface area contributed by atoms with Gasteiger partial charge in [-0.2, -0.15) is 0 Å². The highest BCUT2D eigenvalue weighted by atomic mass is 19.1. The SMILES string of the molecule is CC(=O)N/C(=C/c1ccccc1OCc1ccccc1F)C(=O)O. The van der Waals surface area contributed by atoms with Crippen molar-refractivity contribution >= 4 is 18.0 Å². The average molecular weight is 329 g/mol. The first-order chi connectivity index (χ1) is 11.5. The van der Waals surface area contributed by atoms with E-state index in [0.29, 0.717) is 16.9 Å². The minimum Gasteiger partial charge on any atom is -0.488 e. The Hall–Kier alpha value is -3.15. The van der Waals surface area contributed by atoms with Crippen LogP contribution in [0.4, 0.5) is 4.39 Å². The van der Waals surface area contributed by atoms with Crippen LogP contribution in [0.5, 0.6) is 5.75 Å². The van der Waals surface area contributed by atoms with Crippen molar-refractivity contribution in [1.29, 1.82) is 0 Å². The van der Waals surface area contributed by atoms with Crippen molar-refractivity contribution in [1.82, 2.24) is 5.32 Å². The summed E-state index contributed by atoms with van der Waals surface area (Å²) in [5.41, 5.74) is 0.570. The fraction of sp³-hybridized carbons (Fsp3) is 0.111. The lowest BCUT2D eigenvalue weighted by Gasteiger charge is -2.11. The number of ether oxygens (including phenoxy) is 1. The lowest BCUT2D eigenvalue weighted by Crippen LogP contribution is -2.24. The molecule has 0 saturated heterocycles. The quantitative estimate of drug-likeness (QED) is 0.799. The zero-order valence-corrected chi connectivity index (χ0v) is 13.0. The number of hydrogen-bond donors (Lipinski definition) is 2. The van der Waals surface area contributed by atoms with E-state index < -0.39 is 11.9 Å². The Labute approximate surface area is 138 Å². The van der Waals surface area contributed by atoms with E-state index in [0.717, 1.165) is 0 Å². The van der Waals surface area contributed by atoms with Gasteiger partial charge in [-0.15, -0.1) is 0 Å². The van der Waals surface area contributed by atoms with Crippen molar-refractivity contribution in [2.45, 2.75) is 13.5 Å². The molecule has 0 aromatic heterocycles. The monoisotopic (exact) mass is 329 g/mol. The summed E-state index contributed by atoms with van der Waals surface area (Å²) in [5.74, 6) is -1.76. The van der Waals surface area contributed by atoms with Crippen LogP contribution in [0.25, 0.3) is 6.08 Å². The molecule has 0 aliphatic carbocycles. The summed E-state index contributed by atoms with van der Waals surface area (Å²) in [6.07, 6.45) is 1.29. The zero-order valence-electron chi connectivity index (χ0n) is 13.0. The van der Waals surface area contributed by atoms with Crippen molar-refractivity contribution in [3.63, 3.8) is 0 Å². The van der Waals surface area contributed by atoms with E-state index in [4.69, 9.17) is 9.84 Å². The number of carbonyl (C=O) groups is 2. The van der Waals surface area contributed by atoms with Crippen molar-refractivity contribution in [2.75, 3.05) is 0 Å². The normalized spacial score (nSPS) is 11.0. The molecule has 2 N–H and O–H groups in total. The third-order valence-corrected chi connectivity index (χ3v) is 3.10. The van der Waals surface area contributed by atoms with E-state index >= 15 is 0 Å². The molecule has 0 aliphatic heterocycles. The van der Waals surface area contributed by atoms with Gasteiger partial charge >= 0.3 is 5.97 Å². The molecular weight excluding hydrogens is 313 g/mol. The Morgan fingerprint density at radius 1 is 1.17 bits per heavy atom.